The Bertz CT molecular complexity index is 672. The monoisotopic (exact) mass is 424 g/mol. The van der Waals surface area contributed by atoms with Crippen LogP contribution in [0.25, 0.3) is 0 Å². The van der Waals surface area contributed by atoms with E-state index in [4.69, 9.17) is 9.73 Å². The van der Waals surface area contributed by atoms with Gasteiger partial charge in [-0.2, -0.15) is 8.78 Å². The van der Waals surface area contributed by atoms with E-state index in [2.05, 4.69) is 26.8 Å². The molecule has 0 spiro atoms. The fourth-order valence-corrected chi connectivity index (χ4v) is 4.33. The highest BCUT2D eigenvalue weighted by molar-refractivity contribution is 5.79. The van der Waals surface area contributed by atoms with Crippen LogP contribution in [0.4, 0.5) is 8.78 Å². The first-order valence-corrected chi connectivity index (χ1v) is 10.9. The molecular weight excluding hydrogens is 390 g/mol. The molecule has 1 N–H and O–H groups in total. The molecule has 2 saturated heterocycles. The van der Waals surface area contributed by atoms with Crippen LogP contribution in [0.1, 0.15) is 38.2 Å². The van der Waals surface area contributed by atoms with Crippen molar-refractivity contribution in [3.8, 4) is 5.75 Å². The number of aliphatic imine (C=N–C) groups is 1. The van der Waals surface area contributed by atoms with Crippen molar-refractivity contribution in [2.24, 2.45) is 4.99 Å². The SMILES string of the molecule is CCNC(=NCC1(N2CCCC2)CCOCC1)N(C)Cc1ccc(OC(F)F)cc1. The first-order valence-electron chi connectivity index (χ1n) is 10.9. The topological polar surface area (TPSA) is 49.3 Å². The van der Waals surface area contributed by atoms with Gasteiger partial charge in [0.25, 0.3) is 0 Å². The first kappa shape index (κ1) is 22.7. The van der Waals surface area contributed by atoms with Crippen LogP contribution in [-0.2, 0) is 11.3 Å². The zero-order valence-electron chi connectivity index (χ0n) is 18.1. The van der Waals surface area contributed by atoms with Gasteiger partial charge in [0, 0.05) is 38.9 Å². The zero-order chi connectivity index (χ0) is 21.4. The van der Waals surface area contributed by atoms with E-state index < -0.39 is 6.61 Å². The Kier molecular flexibility index (Phi) is 8.27. The molecule has 2 aliphatic rings. The highest BCUT2D eigenvalue weighted by Gasteiger charge is 2.39. The Balaban J connectivity index is 1.67. The zero-order valence-corrected chi connectivity index (χ0v) is 18.1. The van der Waals surface area contributed by atoms with Crippen LogP contribution in [0.5, 0.6) is 5.75 Å². The van der Waals surface area contributed by atoms with Gasteiger partial charge in [0.15, 0.2) is 5.96 Å². The summed E-state index contributed by atoms with van der Waals surface area (Å²) in [6.07, 6.45) is 4.56. The van der Waals surface area contributed by atoms with Crippen molar-refractivity contribution in [2.75, 3.05) is 46.4 Å². The van der Waals surface area contributed by atoms with Gasteiger partial charge in [0.05, 0.1) is 6.54 Å². The molecule has 3 rings (SSSR count). The lowest BCUT2D eigenvalue weighted by Crippen LogP contribution is -2.54. The lowest BCUT2D eigenvalue weighted by atomic mass is 9.88. The molecule has 0 amide bonds. The molecule has 30 heavy (non-hydrogen) atoms. The molecule has 8 heteroatoms. The number of hydrogen-bond acceptors (Lipinski definition) is 4. The van der Waals surface area contributed by atoms with Gasteiger partial charge in [-0.25, -0.2) is 0 Å². The summed E-state index contributed by atoms with van der Waals surface area (Å²) in [5.41, 5.74) is 1.09. The Labute approximate surface area is 178 Å². The predicted octanol–water partition coefficient (Wildman–Crippen LogP) is 3.33. The molecule has 0 aromatic heterocycles. The number of ether oxygens (including phenoxy) is 2. The van der Waals surface area contributed by atoms with Crippen molar-refractivity contribution >= 4 is 5.96 Å². The van der Waals surface area contributed by atoms with Crippen LogP contribution in [0, 0.1) is 0 Å². The lowest BCUT2D eigenvalue weighted by Gasteiger charge is -2.43. The summed E-state index contributed by atoms with van der Waals surface area (Å²) in [6, 6.07) is 6.76. The fraction of sp³-hybridized carbons (Fsp3) is 0.682. The lowest BCUT2D eigenvalue weighted by molar-refractivity contribution is -0.0498. The largest absolute Gasteiger partial charge is 0.435 e. The molecule has 1 aromatic rings. The number of benzene rings is 1. The van der Waals surface area contributed by atoms with Crippen LogP contribution < -0.4 is 10.1 Å². The maximum absolute atomic E-state index is 12.3. The molecule has 2 heterocycles. The molecule has 0 bridgehead atoms. The second-order valence-electron chi connectivity index (χ2n) is 8.08. The Morgan fingerprint density at radius 2 is 1.90 bits per heavy atom. The predicted molar refractivity (Wildman–Crippen MR) is 114 cm³/mol. The van der Waals surface area contributed by atoms with E-state index in [0.29, 0.717) is 6.54 Å². The maximum atomic E-state index is 12.3. The van der Waals surface area contributed by atoms with E-state index in [1.807, 2.05) is 19.2 Å². The molecule has 2 aliphatic heterocycles. The van der Waals surface area contributed by atoms with E-state index in [-0.39, 0.29) is 11.3 Å². The van der Waals surface area contributed by atoms with Crippen LogP contribution in [0.15, 0.2) is 29.3 Å². The number of guanidine groups is 1. The van der Waals surface area contributed by atoms with Gasteiger partial charge in [0.2, 0.25) is 0 Å². The third kappa shape index (κ3) is 6.04. The van der Waals surface area contributed by atoms with E-state index in [9.17, 15) is 8.78 Å². The average molecular weight is 425 g/mol. The molecule has 168 valence electrons. The highest BCUT2D eigenvalue weighted by atomic mass is 19.3. The third-order valence-electron chi connectivity index (χ3n) is 5.99. The van der Waals surface area contributed by atoms with Gasteiger partial charge in [-0.05, 0) is 63.4 Å². The summed E-state index contributed by atoms with van der Waals surface area (Å²) in [4.78, 5) is 9.71. The Morgan fingerprint density at radius 3 is 2.50 bits per heavy atom. The number of likely N-dealkylation sites (tertiary alicyclic amines) is 1. The molecule has 2 fully saturated rings. The van der Waals surface area contributed by atoms with Crippen molar-refractivity contribution in [1.29, 1.82) is 0 Å². The van der Waals surface area contributed by atoms with Gasteiger partial charge >= 0.3 is 6.61 Å². The number of rotatable bonds is 8. The number of halogens is 2. The average Bonchev–Trinajstić information content (AvgIpc) is 3.28. The van der Waals surface area contributed by atoms with Crippen molar-refractivity contribution in [1.82, 2.24) is 15.1 Å². The minimum absolute atomic E-state index is 0.0878. The van der Waals surface area contributed by atoms with Crippen molar-refractivity contribution in [2.45, 2.75) is 51.3 Å². The number of nitrogens with zero attached hydrogens (tertiary/aromatic N) is 3. The molecule has 1 aromatic carbocycles. The maximum Gasteiger partial charge on any atom is 0.387 e. The first-order chi connectivity index (χ1) is 14.5. The normalized spacial score (nSPS) is 19.8. The van der Waals surface area contributed by atoms with E-state index in [0.717, 1.165) is 63.8 Å². The number of hydrogen-bond donors (Lipinski definition) is 1. The van der Waals surface area contributed by atoms with Crippen LogP contribution in [0.2, 0.25) is 0 Å². The fourth-order valence-electron chi connectivity index (χ4n) is 4.33. The summed E-state index contributed by atoms with van der Waals surface area (Å²) in [5, 5.41) is 3.39. The minimum atomic E-state index is -2.81. The second kappa shape index (κ2) is 10.9. The van der Waals surface area contributed by atoms with Crippen molar-refractivity contribution < 1.29 is 18.3 Å². The van der Waals surface area contributed by atoms with Crippen LogP contribution >= 0.6 is 0 Å². The van der Waals surface area contributed by atoms with Gasteiger partial charge in [0.1, 0.15) is 5.75 Å². The van der Waals surface area contributed by atoms with Gasteiger partial charge in [-0.1, -0.05) is 12.1 Å². The molecule has 0 unspecified atom stereocenters. The molecular formula is C22H34F2N4O2. The molecule has 0 saturated carbocycles. The summed E-state index contributed by atoms with van der Waals surface area (Å²) in [7, 11) is 2.00. The van der Waals surface area contributed by atoms with Crippen LogP contribution in [0.3, 0.4) is 0 Å². The minimum Gasteiger partial charge on any atom is -0.435 e. The van der Waals surface area contributed by atoms with Gasteiger partial charge in [-0.3, -0.25) is 9.89 Å². The quantitative estimate of drug-likeness (QED) is 0.513. The van der Waals surface area contributed by atoms with Gasteiger partial charge < -0.3 is 19.7 Å². The molecule has 0 atom stereocenters. The summed E-state index contributed by atoms with van der Waals surface area (Å²) < 4.78 is 34.7. The van der Waals surface area contributed by atoms with Crippen molar-refractivity contribution in [3.63, 3.8) is 0 Å². The highest BCUT2D eigenvalue weighted by Crippen LogP contribution is 2.31. The Morgan fingerprint density at radius 1 is 1.23 bits per heavy atom. The third-order valence-corrected chi connectivity index (χ3v) is 5.99. The van der Waals surface area contributed by atoms with Crippen molar-refractivity contribution in [3.05, 3.63) is 29.8 Å². The van der Waals surface area contributed by atoms with E-state index in [1.54, 1.807) is 12.1 Å². The Hall–Kier alpha value is -1.93. The summed E-state index contributed by atoms with van der Waals surface area (Å²) in [6.45, 7) is 5.30. The molecule has 0 radical (unpaired) electrons. The number of nitrogens with one attached hydrogen (secondary N) is 1. The smallest absolute Gasteiger partial charge is 0.387 e. The molecule has 6 nitrogen and oxygen atoms in total. The van der Waals surface area contributed by atoms with E-state index >= 15 is 0 Å². The summed E-state index contributed by atoms with van der Waals surface area (Å²) in [5.74, 6) is 1.03. The standard InChI is InChI=1S/C22H34F2N4O2/c1-3-25-21(27(2)16-18-6-8-19(9-7-18)30-20(23)24)26-17-22(10-14-29-15-11-22)28-12-4-5-13-28/h6-9,20H,3-5,10-17H2,1-2H3,(H,25,26). The molecule has 0 aliphatic carbocycles. The van der Waals surface area contributed by atoms with E-state index in [1.165, 1.54) is 12.8 Å². The second-order valence-corrected chi connectivity index (χ2v) is 8.08. The van der Waals surface area contributed by atoms with Gasteiger partial charge in [-0.15, -0.1) is 0 Å². The number of alkyl halides is 2. The van der Waals surface area contributed by atoms with Crippen LogP contribution in [-0.4, -0.2) is 74.4 Å². The summed E-state index contributed by atoms with van der Waals surface area (Å²) >= 11 is 0.